The third kappa shape index (κ3) is 2.66. The van der Waals surface area contributed by atoms with Crippen LogP contribution in [0.25, 0.3) is 0 Å². The van der Waals surface area contributed by atoms with Crippen LogP contribution in [-0.2, 0) is 9.53 Å². The van der Waals surface area contributed by atoms with E-state index in [1.54, 1.807) is 7.05 Å². The number of guanidine groups is 1. The fourth-order valence-electron chi connectivity index (χ4n) is 7.75. The summed E-state index contributed by atoms with van der Waals surface area (Å²) in [6.45, 7) is 6.38. The molecule has 0 radical (unpaired) electrons. The van der Waals surface area contributed by atoms with Gasteiger partial charge in [-0.3, -0.25) is 4.90 Å². The molecule has 4 rings (SSSR count). The van der Waals surface area contributed by atoms with Gasteiger partial charge in [0.05, 0.1) is 25.7 Å². The van der Waals surface area contributed by atoms with E-state index in [0.717, 1.165) is 50.8 Å². The lowest BCUT2D eigenvalue weighted by atomic mass is 9.48. The summed E-state index contributed by atoms with van der Waals surface area (Å²) in [7, 11) is 1.73. The van der Waals surface area contributed by atoms with Crippen molar-refractivity contribution in [2.45, 2.75) is 58.0 Å². The SMILES string of the molecule is CCOCC1(O)CC23C(=C1C(=O)[O-])CC(CCC2C)C31CCC[NH+](C(N)=NC)C1. The predicted octanol–water partition coefficient (Wildman–Crippen LogP) is -0.750. The minimum Gasteiger partial charge on any atom is -0.545 e. The van der Waals surface area contributed by atoms with Gasteiger partial charge >= 0.3 is 0 Å². The molecule has 7 heteroatoms. The van der Waals surface area contributed by atoms with Crippen molar-refractivity contribution in [3.05, 3.63) is 11.1 Å². The van der Waals surface area contributed by atoms with Gasteiger partial charge in [0.2, 0.25) is 0 Å². The van der Waals surface area contributed by atoms with Crippen LogP contribution in [0.1, 0.15) is 52.4 Å². The summed E-state index contributed by atoms with van der Waals surface area (Å²) >= 11 is 0. The topological polar surface area (TPSA) is 112 Å². The normalized spacial score (nSPS) is 44.4. The summed E-state index contributed by atoms with van der Waals surface area (Å²) in [5, 5.41) is 23.8. The van der Waals surface area contributed by atoms with Crippen LogP contribution < -0.4 is 15.7 Å². The lowest BCUT2D eigenvalue weighted by Crippen LogP contribution is -3.18. The molecule has 6 atom stereocenters. The molecule has 6 unspecified atom stereocenters. The molecule has 3 fully saturated rings. The smallest absolute Gasteiger partial charge is 0.293 e. The number of carbonyl (C=O) groups excluding carboxylic acids is 1. The van der Waals surface area contributed by atoms with Crippen LogP contribution in [0.3, 0.4) is 0 Å². The van der Waals surface area contributed by atoms with Crippen LogP contribution in [0.15, 0.2) is 16.1 Å². The zero-order valence-corrected chi connectivity index (χ0v) is 17.9. The Morgan fingerprint density at radius 2 is 2.21 bits per heavy atom. The van der Waals surface area contributed by atoms with Crippen molar-refractivity contribution in [3.63, 3.8) is 0 Å². The second-order valence-corrected chi connectivity index (χ2v) is 9.74. The first-order valence-electron chi connectivity index (χ1n) is 11.1. The number of hydrogen-bond acceptors (Lipinski definition) is 5. The largest absolute Gasteiger partial charge is 0.545 e. The number of ether oxygens (including phenoxy) is 1. The third-order valence-corrected chi connectivity index (χ3v) is 8.77. The predicted molar refractivity (Wildman–Crippen MR) is 107 cm³/mol. The first-order chi connectivity index (χ1) is 13.8. The minimum atomic E-state index is -1.48. The Bertz CT molecular complexity index is 765. The van der Waals surface area contributed by atoms with E-state index in [9.17, 15) is 15.0 Å². The minimum absolute atomic E-state index is 0.0145. The Kier molecular flexibility index (Phi) is 5.07. The summed E-state index contributed by atoms with van der Waals surface area (Å²) in [6.07, 6.45) is 5.43. The number of carboxylic acids is 1. The average molecular weight is 406 g/mol. The molecule has 2 saturated carbocycles. The van der Waals surface area contributed by atoms with E-state index >= 15 is 0 Å². The lowest BCUT2D eigenvalue weighted by molar-refractivity contribution is -0.826. The van der Waals surface area contributed by atoms with Crippen LogP contribution in [-0.4, -0.2) is 56.0 Å². The molecule has 0 aromatic heterocycles. The van der Waals surface area contributed by atoms with Crippen molar-refractivity contribution >= 4 is 11.9 Å². The Balaban J connectivity index is 1.86. The molecule has 0 aromatic carbocycles. The van der Waals surface area contributed by atoms with Gasteiger partial charge in [-0.2, -0.15) is 0 Å². The summed E-state index contributed by atoms with van der Waals surface area (Å²) in [4.78, 5) is 17.7. The molecular weight excluding hydrogens is 370 g/mol. The highest BCUT2D eigenvalue weighted by Crippen LogP contribution is 2.75. The van der Waals surface area contributed by atoms with E-state index < -0.39 is 11.6 Å². The molecule has 0 aromatic rings. The zero-order valence-electron chi connectivity index (χ0n) is 17.9. The third-order valence-electron chi connectivity index (χ3n) is 8.77. The van der Waals surface area contributed by atoms with Crippen molar-refractivity contribution < 1.29 is 24.6 Å². The Morgan fingerprint density at radius 1 is 1.45 bits per heavy atom. The van der Waals surface area contributed by atoms with Crippen LogP contribution in [0.5, 0.6) is 0 Å². The second-order valence-electron chi connectivity index (χ2n) is 9.74. The quantitative estimate of drug-likeness (QED) is 0.421. The van der Waals surface area contributed by atoms with Crippen molar-refractivity contribution in [1.29, 1.82) is 0 Å². The zero-order chi connectivity index (χ0) is 21.0. The van der Waals surface area contributed by atoms with E-state index in [4.69, 9.17) is 10.5 Å². The van der Waals surface area contributed by atoms with Gasteiger partial charge < -0.3 is 25.5 Å². The van der Waals surface area contributed by atoms with Gasteiger partial charge in [-0.1, -0.05) is 12.5 Å². The van der Waals surface area contributed by atoms with Gasteiger partial charge in [0.25, 0.3) is 5.96 Å². The Hall–Kier alpha value is -1.44. The number of hydrogen-bond donors (Lipinski definition) is 3. The maximum atomic E-state index is 12.3. The average Bonchev–Trinajstić information content (AvgIpc) is 3.03. The number of nitrogens with one attached hydrogen (secondary N) is 1. The van der Waals surface area contributed by atoms with Gasteiger partial charge in [-0.25, -0.2) is 4.99 Å². The molecule has 3 aliphatic carbocycles. The molecule has 7 nitrogen and oxygen atoms in total. The van der Waals surface area contributed by atoms with E-state index in [1.165, 1.54) is 4.90 Å². The number of quaternary nitrogens is 1. The maximum Gasteiger partial charge on any atom is 0.293 e. The maximum absolute atomic E-state index is 12.3. The highest BCUT2D eigenvalue weighted by atomic mass is 16.5. The standard InChI is InChI=1S/C22H35N3O4/c1-4-29-13-21(28)11-22-14(2)6-7-15(10-16(22)17(21)18(26)27)20(22)8-5-9-25(12-20)19(23)24-3/h14-15,28H,4-13H2,1-3H3,(H2,23,24)(H,26,27). The molecule has 1 heterocycles. The van der Waals surface area contributed by atoms with E-state index in [0.29, 0.717) is 30.8 Å². The summed E-state index contributed by atoms with van der Waals surface area (Å²) in [6, 6.07) is 0. The van der Waals surface area contributed by atoms with Crippen LogP contribution in [0, 0.1) is 22.7 Å². The number of nitrogens with zero attached hydrogens (tertiary/aromatic N) is 1. The molecule has 2 spiro atoms. The number of aliphatic carboxylic acids is 1. The van der Waals surface area contributed by atoms with Crippen LogP contribution in [0.2, 0.25) is 0 Å². The van der Waals surface area contributed by atoms with Gasteiger partial charge in [0.15, 0.2) is 0 Å². The van der Waals surface area contributed by atoms with Gasteiger partial charge in [-0.15, -0.1) is 0 Å². The number of aliphatic imine (C=N–C) groups is 1. The van der Waals surface area contributed by atoms with Crippen molar-refractivity contribution in [3.8, 4) is 0 Å². The van der Waals surface area contributed by atoms with Crippen molar-refractivity contribution in [2.24, 2.45) is 33.4 Å². The summed E-state index contributed by atoms with van der Waals surface area (Å²) < 4.78 is 5.57. The first-order valence-corrected chi connectivity index (χ1v) is 11.1. The highest BCUT2D eigenvalue weighted by molar-refractivity contribution is 5.90. The lowest BCUT2D eigenvalue weighted by Gasteiger charge is -2.57. The fraction of sp³-hybridized carbons (Fsp3) is 0.818. The number of likely N-dealkylation sites (tertiary alicyclic amines) is 1. The molecule has 4 N–H and O–H groups in total. The van der Waals surface area contributed by atoms with Crippen LogP contribution >= 0.6 is 0 Å². The number of nitrogens with two attached hydrogens (primary N) is 1. The first kappa shape index (κ1) is 20.8. The number of carbonyl (C=O) groups is 1. The highest BCUT2D eigenvalue weighted by Gasteiger charge is 2.73. The molecule has 1 aliphatic heterocycles. The Morgan fingerprint density at radius 3 is 2.86 bits per heavy atom. The molecule has 4 aliphatic rings. The summed E-state index contributed by atoms with van der Waals surface area (Å²) in [5.41, 5.74) is 5.45. The van der Waals surface area contributed by atoms with Gasteiger partial charge in [0, 0.05) is 30.1 Å². The monoisotopic (exact) mass is 405 g/mol. The van der Waals surface area contributed by atoms with Crippen molar-refractivity contribution in [2.75, 3.05) is 33.4 Å². The van der Waals surface area contributed by atoms with E-state index in [2.05, 4.69) is 11.9 Å². The Labute approximate surface area is 173 Å². The number of allylic oxidation sites excluding steroid dienone is 1. The van der Waals surface area contributed by atoms with E-state index in [1.807, 2.05) is 6.92 Å². The second kappa shape index (κ2) is 7.06. The van der Waals surface area contributed by atoms with Gasteiger partial charge in [-0.05, 0) is 57.3 Å². The van der Waals surface area contributed by atoms with Gasteiger partial charge in [0.1, 0.15) is 5.60 Å². The van der Waals surface area contributed by atoms with E-state index in [-0.39, 0.29) is 23.0 Å². The molecule has 0 amide bonds. The molecule has 1 saturated heterocycles. The number of carboxylic acid groups (broad SMARTS) is 1. The fourth-order valence-corrected chi connectivity index (χ4v) is 7.75. The number of aliphatic hydroxyl groups is 1. The van der Waals surface area contributed by atoms with Crippen molar-refractivity contribution in [1.82, 2.24) is 0 Å². The van der Waals surface area contributed by atoms with Crippen LogP contribution in [0.4, 0.5) is 0 Å². The molecule has 2 bridgehead atoms. The molecule has 162 valence electrons. The number of piperidine rings is 1. The molecule has 29 heavy (non-hydrogen) atoms. The number of rotatable bonds is 4. The summed E-state index contributed by atoms with van der Waals surface area (Å²) in [5.74, 6) is 0.134. The molecular formula is C22H35N3O4.